The molecule has 1 saturated heterocycles. The van der Waals surface area contributed by atoms with Crippen LogP contribution in [0, 0.1) is 0 Å². The van der Waals surface area contributed by atoms with Crippen molar-refractivity contribution in [1.29, 1.82) is 0 Å². The number of fused-ring (bicyclic) bond motifs is 2. The first-order valence-electron chi connectivity index (χ1n) is 9.02. The summed E-state index contributed by atoms with van der Waals surface area (Å²) in [5.74, 6) is -0.608. The highest BCUT2D eigenvalue weighted by atomic mass is 16.2. The number of anilines is 1. The molecule has 7 nitrogen and oxygen atoms in total. The van der Waals surface area contributed by atoms with Gasteiger partial charge in [0.2, 0.25) is 11.8 Å². The molecule has 3 heterocycles. The predicted molar refractivity (Wildman–Crippen MR) is 98.9 cm³/mol. The van der Waals surface area contributed by atoms with Crippen LogP contribution in [-0.4, -0.2) is 46.7 Å². The lowest BCUT2D eigenvalue weighted by Crippen LogP contribution is -2.48. The molecule has 1 atom stereocenters. The number of hydrogen-bond acceptors (Lipinski definition) is 4. The molecular formula is C20H20N4O3. The summed E-state index contributed by atoms with van der Waals surface area (Å²) in [5.41, 5.74) is 1.85. The monoisotopic (exact) mass is 364 g/mol. The summed E-state index contributed by atoms with van der Waals surface area (Å²) in [6.07, 6.45) is 4.78. The van der Waals surface area contributed by atoms with Crippen LogP contribution in [0.15, 0.2) is 48.8 Å². The van der Waals surface area contributed by atoms with E-state index in [-0.39, 0.29) is 24.3 Å². The molecule has 4 rings (SSSR count). The first-order chi connectivity index (χ1) is 13.1. The molecule has 1 N–H and O–H groups in total. The van der Waals surface area contributed by atoms with Gasteiger partial charge in [0.25, 0.3) is 5.91 Å². The van der Waals surface area contributed by atoms with Crippen LogP contribution in [0.25, 0.3) is 0 Å². The van der Waals surface area contributed by atoms with Crippen molar-refractivity contribution in [1.82, 2.24) is 15.2 Å². The van der Waals surface area contributed by atoms with Gasteiger partial charge in [-0.15, -0.1) is 0 Å². The van der Waals surface area contributed by atoms with Crippen LogP contribution in [-0.2, 0) is 16.1 Å². The molecule has 2 aliphatic heterocycles. The normalized spacial score (nSPS) is 18.7. The first-order valence-corrected chi connectivity index (χ1v) is 9.02. The molecule has 0 unspecified atom stereocenters. The summed E-state index contributed by atoms with van der Waals surface area (Å²) >= 11 is 0. The maximum absolute atomic E-state index is 13.1. The Kier molecular flexibility index (Phi) is 4.58. The number of amides is 3. The SMILES string of the molecule is O=C(CN1C(=O)[C@@H]2CCCN2C(=O)c2ccccc21)NCc1cccnc1. The van der Waals surface area contributed by atoms with E-state index in [1.165, 1.54) is 4.90 Å². The zero-order chi connectivity index (χ0) is 18.8. The number of rotatable bonds is 4. The Morgan fingerprint density at radius 2 is 2.04 bits per heavy atom. The molecule has 2 aromatic rings. The fourth-order valence-corrected chi connectivity index (χ4v) is 3.68. The lowest BCUT2D eigenvalue weighted by Gasteiger charge is -2.25. The third-order valence-corrected chi connectivity index (χ3v) is 5.00. The Morgan fingerprint density at radius 1 is 1.19 bits per heavy atom. The lowest BCUT2D eigenvalue weighted by molar-refractivity contribution is -0.125. The van der Waals surface area contributed by atoms with E-state index in [0.717, 1.165) is 12.0 Å². The highest BCUT2D eigenvalue weighted by Gasteiger charge is 2.42. The van der Waals surface area contributed by atoms with Gasteiger partial charge in [-0.25, -0.2) is 0 Å². The van der Waals surface area contributed by atoms with Crippen LogP contribution < -0.4 is 10.2 Å². The number of carbonyl (C=O) groups excluding carboxylic acids is 3. The average Bonchev–Trinajstić information content (AvgIpc) is 3.17. The largest absolute Gasteiger partial charge is 0.350 e. The summed E-state index contributed by atoms with van der Waals surface area (Å²) in [6.45, 7) is 0.795. The summed E-state index contributed by atoms with van der Waals surface area (Å²) in [6, 6.07) is 10.2. The van der Waals surface area contributed by atoms with Gasteiger partial charge >= 0.3 is 0 Å². The third-order valence-electron chi connectivity index (χ3n) is 5.00. The molecule has 138 valence electrons. The molecule has 1 fully saturated rings. The average molecular weight is 364 g/mol. The second-order valence-electron chi connectivity index (χ2n) is 6.74. The van der Waals surface area contributed by atoms with E-state index >= 15 is 0 Å². The second-order valence-corrected chi connectivity index (χ2v) is 6.74. The molecule has 3 amide bonds. The van der Waals surface area contributed by atoms with Crippen LogP contribution in [0.1, 0.15) is 28.8 Å². The molecule has 0 radical (unpaired) electrons. The zero-order valence-electron chi connectivity index (χ0n) is 14.8. The van der Waals surface area contributed by atoms with Crippen molar-refractivity contribution < 1.29 is 14.4 Å². The van der Waals surface area contributed by atoms with Crippen LogP contribution >= 0.6 is 0 Å². The summed E-state index contributed by atoms with van der Waals surface area (Å²) in [4.78, 5) is 45.5. The van der Waals surface area contributed by atoms with Gasteiger partial charge in [0, 0.05) is 25.5 Å². The van der Waals surface area contributed by atoms with E-state index in [1.54, 1.807) is 47.6 Å². The number of nitrogens with one attached hydrogen (secondary N) is 1. The maximum Gasteiger partial charge on any atom is 0.256 e. The van der Waals surface area contributed by atoms with Crippen LogP contribution in [0.5, 0.6) is 0 Å². The Bertz CT molecular complexity index is 884. The quantitative estimate of drug-likeness (QED) is 0.888. The van der Waals surface area contributed by atoms with Gasteiger partial charge in [0.05, 0.1) is 11.3 Å². The van der Waals surface area contributed by atoms with Crippen molar-refractivity contribution in [3.63, 3.8) is 0 Å². The Morgan fingerprint density at radius 3 is 2.85 bits per heavy atom. The topological polar surface area (TPSA) is 82.6 Å². The number of pyridine rings is 1. The Labute approximate surface area is 157 Å². The highest BCUT2D eigenvalue weighted by molar-refractivity contribution is 6.12. The molecule has 7 heteroatoms. The minimum absolute atomic E-state index is 0.117. The molecule has 2 aliphatic rings. The highest BCUT2D eigenvalue weighted by Crippen LogP contribution is 2.32. The van der Waals surface area contributed by atoms with E-state index < -0.39 is 6.04 Å². The molecule has 0 saturated carbocycles. The Balaban J connectivity index is 1.56. The number of benzene rings is 1. The van der Waals surface area contributed by atoms with Gasteiger partial charge in [-0.1, -0.05) is 18.2 Å². The minimum Gasteiger partial charge on any atom is -0.350 e. The van der Waals surface area contributed by atoms with Crippen LogP contribution in [0.2, 0.25) is 0 Å². The summed E-state index contributed by atoms with van der Waals surface area (Å²) < 4.78 is 0. The molecule has 0 spiro atoms. The van der Waals surface area contributed by atoms with Gasteiger partial charge in [-0.05, 0) is 36.6 Å². The maximum atomic E-state index is 13.1. The van der Waals surface area contributed by atoms with Crippen molar-refractivity contribution in [2.24, 2.45) is 0 Å². The van der Waals surface area contributed by atoms with Gasteiger partial charge in [-0.2, -0.15) is 0 Å². The number of hydrogen-bond donors (Lipinski definition) is 1. The van der Waals surface area contributed by atoms with Gasteiger partial charge < -0.3 is 15.1 Å². The minimum atomic E-state index is -0.490. The van der Waals surface area contributed by atoms with E-state index in [9.17, 15) is 14.4 Å². The summed E-state index contributed by atoms with van der Waals surface area (Å²) in [5, 5.41) is 2.82. The standard InChI is InChI=1S/C20H20N4O3/c25-18(22-12-14-5-3-9-21-11-14)13-24-16-7-2-1-6-15(16)19(26)23-10-4-8-17(23)20(24)27/h1-3,5-7,9,11,17H,4,8,10,12-13H2,(H,22,25)/t17-/m0/s1. The van der Waals surface area contributed by atoms with Crippen LogP contribution in [0.4, 0.5) is 5.69 Å². The molecular weight excluding hydrogens is 344 g/mol. The molecule has 0 aliphatic carbocycles. The first kappa shape index (κ1) is 17.2. The van der Waals surface area contributed by atoms with Gasteiger partial charge in [-0.3, -0.25) is 19.4 Å². The Hall–Kier alpha value is -3.22. The van der Waals surface area contributed by atoms with Gasteiger partial charge in [0.1, 0.15) is 12.6 Å². The van der Waals surface area contributed by atoms with E-state index in [0.29, 0.717) is 30.8 Å². The molecule has 1 aromatic carbocycles. The van der Waals surface area contributed by atoms with Crippen molar-refractivity contribution in [3.8, 4) is 0 Å². The number of aromatic nitrogens is 1. The van der Waals surface area contributed by atoms with E-state index in [2.05, 4.69) is 10.3 Å². The van der Waals surface area contributed by atoms with Crippen molar-refractivity contribution in [2.75, 3.05) is 18.0 Å². The van der Waals surface area contributed by atoms with E-state index in [4.69, 9.17) is 0 Å². The zero-order valence-corrected chi connectivity index (χ0v) is 14.8. The van der Waals surface area contributed by atoms with Gasteiger partial charge in [0.15, 0.2) is 0 Å². The predicted octanol–water partition coefficient (Wildman–Crippen LogP) is 1.35. The van der Waals surface area contributed by atoms with Crippen molar-refractivity contribution in [2.45, 2.75) is 25.4 Å². The number of nitrogens with zero attached hydrogens (tertiary/aromatic N) is 3. The summed E-state index contributed by atoms with van der Waals surface area (Å²) in [7, 11) is 0. The fourth-order valence-electron chi connectivity index (χ4n) is 3.68. The molecule has 27 heavy (non-hydrogen) atoms. The van der Waals surface area contributed by atoms with Crippen molar-refractivity contribution in [3.05, 3.63) is 59.9 Å². The van der Waals surface area contributed by atoms with Crippen molar-refractivity contribution >= 4 is 23.4 Å². The second kappa shape index (κ2) is 7.19. The van der Waals surface area contributed by atoms with Crippen LogP contribution in [0.3, 0.4) is 0 Å². The van der Waals surface area contributed by atoms with E-state index in [1.807, 2.05) is 6.07 Å². The fraction of sp³-hybridized carbons (Fsp3) is 0.300. The molecule has 0 bridgehead atoms. The smallest absolute Gasteiger partial charge is 0.256 e. The lowest BCUT2D eigenvalue weighted by atomic mass is 10.1. The number of para-hydroxylation sites is 1. The molecule has 1 aromatic heterocycles. The number of carbonyl (C=O) groups is 3. The third kappa shape index (κ3) is 3.28.